The van der Waals surface area contributed by atoms with Crippen LogP contribution in [0, 0.1) is 0 Å². The van der Waals surface area contributed by atoms with Crippen LogP contribution in [0.15, 0.2) is 41.3 Å². The number of benzene rings is 1. The molecule has 5 heteroatoms. The summed E-state index contributed by atoms with van der Waals surface area (Å²) in [6.45, 7) is 1.45. The minimum atomic E-state index is -0.527. The Morgan fingerprint density at radius 1 is 1.35 bits per heavy atom. The highest BCUT2D eigenvalue weighted by atomic mass is 19.1. The second kappa shape index (κ2) is 6.23. The van der Waals surface area contributed by atoms with Gasteiger partial charge in [0.05, 0.1) is 6.04 Å². The van der Waals surface area contributed by atoms with Gasteiger partial charge in [-0.15, -0.1) is 0 Å². The molecule has 0 aliphatic carbocycles. The fourth-order valence-electron chi connectivity index (χ4n) is 1.91. The molecule has 1 aliphatic heterocycles. The Morgan fingerprint density at radius 2 is 2.10 bits per heavy atom. The largest absolute Gasteiger partial charge is 0.344 e. The molecule has 0 radical (unpaired) electrons. The van der Waals surface area contributed by atoms with E-state index in [1.165, 1.54) is 19.2 Å². The van der Waals surface area contributed by atoms with Crippen LogP contribution in [0.2, 0.25) is 0 Å². The van der Waals surface area contributed by atoms with Crippen LogP contribution in [0.4, 0.5) is 4.39 Å². The number of hydrogen-bond acceptors (Lipinski definition) is 3. The van der Waals surface area contributed by atoms with E-state index in [-0.39, 0.29) is 17.7 Å². The highest BCUT2D eigenvalue weighted by molar-refractivity contribution is 6.00. The molecule has 0 aromatic heterocycles. The van der Waals surface area contributed by atoms with Crippen molar-refractivity contribution < 1.29 is 14.0 Å². The van der Waals surface area contributed by atoms with Crippen LogP contribution in [0.3, 0.4) is 0 Å². The maximum absolute atomic E-state index is 12.9. The molecule has 0 spiro atoms. The van der Waals surface area contributed by atoms with E-state index in [1.54, 1.807) is 24.3 Å². The van der Waals surface area contributed by atoms with Gasteiger partial charge < -0.3 is 5.32 Å². The molecule has 0 bridgehead atoms. The van der Waals surface area contributed by atoms with Crippen LogP contribution >= 0.6 is 0 Å². The SMILES string of the molecule is CC(=O)c1cccc(C(=O)NC2C=NC(F)=CCC2)c1. The van der Waals surface area contributed by atoms with Gasteiger partial charge in [-0.1, -0.05) is 12.1 Å². The summed E-state index contributed by atoms with van der Waals surface area (Å²) in [6, 6.07) is 6.19. The van der Waals surface area contributed by atoms with E-state index in [1.807, 2.05) is 0 Å². The lowest BCUT2D eigenvalue weighted by atomic mass is 10.1. The molecule has 1 N–H and O–H groups in total. The fraction of sp³-hybridized carbons (Fsp3) is 0.267. The normalized spacial score (nSPS) is 18.1. The molecule has 1 atom stereocenters. The third kappa shape index (κ3) is 3.60. The van der Waals surface area contributed by atoms with Crippen LogP contribution in [-0.4, -0.2) is 23.9 Å². The van der Waals surface area contributed by atoms with Gasteiger partial charge >= 0.3 is 0 Å². The molecule has 1 heterocycles. The lowest BCUT2D eigenvalue weighted by Crippen LogP contribution is -2.35. The van der Waals surface area contributed by atoms with E-state index in [0.717, 1.165) is 0 Å². The van der Waals surface area contributed by atoms with Crippen LogP contribution in [-0.2, 0) is 0 Å². The molecule has 1 amide bonds. The molecule has 20 heavy (non-hydrogen) atoms. The predicted octanol–water partition coefficient (Wildman–Crippen LogP) is 2.66. The van der Waals surface area contributed by atoms with E-state index in [4.69, 9.17) is 0 Å². The van der Waals surface area contributed by atoms with Crippen molar-refractivity contribution in [3.63, 3.8) is 0 Å². The molecule has 1 aromatic rings. The summed E-state index contributed by atoms with van der Waals surface area (Å²) < 4.78 is 12.9. The summed E-state index contributed by atoms with van der Waals surface area (Å²) in [4.78, 5) is 27.0. The third-order valence-electron chi connectivity index (χ3n) is 3.02. The monoisotopic (exact) mass is 274 g/mol. The van der Waals surface area contributed by atoms with Crippen molar-refractivity contribution in [2.75, 3.05) is 0 Å². The van der Waals surface area contributed by atoms with E-state index in [9.17, 15) is 14.0 Å². The molecule has 0 saturated carbocycles. The number of rotatable bonds is 3. The minimum absolute atomic E-state index is 0.0954. The Labute approximate surface area is 116 Å². The highest BCUT2D eigenvalue weighted by Gasteiger charge is 2.14. The number of aliphatic imine (C=N–C) groups is 1. The van der Waals surface area contributed by atoms with Crippen molar-refractivity contribution in [1.29, 1.82) is 0 Å². The zero-order valence-corrected chi connectivity index (χ0v) is 11.1. The zero-order chi connectivity index (χ0) is 14.5. The summed E-state index contributed by atoms with van der Waals surface area (Å²) in [5.74, 6) is -0.922. The lowest BCUT2D eigenvalue weighted by Gasteiger charge is -2.12. The topological polar surface area (TPSA) is 58.5 Å². The van der Waals surface area contributed by atoms with Crippen LogP contribution in [0.5, 0.6) is 0 Å². The number of carbonyl (C=O) groups is 2. The highest BCUT2D eigenvalue weighted by Crippen LogP contribution is 2.10. The maximum atomic E-state index is 12.9. The van der Waals surface area contributed by atoms with Crippen molar-refractivity contribution in [3.05, 3.63) is 47.4 Å². The number of allylic oxidation sites excluding steroid dienone is 1. The first-order chi connectivity index (χ1) is 9.56. The summed E-state index contributed by atoms with van der Waals surface area (Å²) >= 11 is 0. The van der Waals surface area contributed by atoms with Crippen molar-refractivity contribution in [2.45, 2.75) is 25.8 Å². The first-order valence-corrected chi connectivity index (χ1v) is 6.38. The molecule has 1 aliphatic rings. The van der Waals surface area contributed by atoms with E-state index in [2.05, 4.69) is 10.3 Å². The average Bonchev–Trinajstić information content (AvgIpc) is 2.64. The second-order valence-electron chi connectivity index (χ2n) is 4.60. The molecule has 2 rings (SSSR count). The number of ketones is 1. The van der Waals surface area contributed by atoms with Gasteiger partial charge in [0, 0.05) is 17.3 Å². The first-order valence-electron chi connectivity index (χ1n) is 6.38. The second-order valence-corrected chi connectivity index (χ2v) is 4.60. The van der Waals surface area contributed by atoms with E-state index in [0.29, 0.717) is 24.0 Å². The summed E-state index contributed by atoms with van der Waals surface area (Å²) in [7, 11) is 0. The summed E-state index contributed by atoms with van der Waals surface area (Å²) in [5, 5.41) is 2.76. The number of amides is 1. The molecular weight excluding hydrogens is 259 g/mol. The smallest absolute Gasteiger partial charge is 0.251 e. The quantitative estimate of drug-likeness (QED) is 0.680. The van der Waals surface area contributed by atoms with Crippen molar-refractivity contribution in [2.24, 2.45) is 4.99 Å². The van der Waals surface area contributed by atoms with Gasteiger partial charge in [-0.3, -0.25) is 9.59 Å². The van der Waals surface area contributed by atoms with Gasteiger partial charge in [-0.2, -0.15) is 4.39 Å². The van der Waals surface area contributed by atoms with Crippen molar-refractivity contribution in [1.82, 2.24) is 5.32 Å². The molecule has 0 saturated heterocycles. The molecular formula is C15H15FN2O2. The summed E-state index contributed by atoms with van der Waals surface area (Å²) in [5.41, 5.74) is 0.892. The number of Topliss-reactive ketones (excluding diaryl/α,β-unsaturated/α-hetero) is 1. The number of hydrogen-bond donors (Lipinski definition) is 1. The molecule has 1 unspecified atom stereocenters. The molecule has 4 nitrogen and oxygen atoms in total. The third-order valence-corrected chi connectivity index (χ3v) is 3.02. The van der Waals surface area contributed by atoms with Crippen molar-refractivity contribution in [3.8, 4) is 0 Å². The Kier molecular flexibility index (Phi) is 4.40. The van der Waals surface area contributed by atoms with Gasteiger partial charge in [-0.05, 0) is 38.0 Å². The van der Waals surface area contributed by atoms with Crippen LogP contribution in [0.25, 0.3) is 0 Å². The fourth-order valence-corrected chi connectivity index (χ4v) is 1.91. The molecule has 104 valence electrons. The van der Waals surface area contributed by atoms with Gasteiger partial charge in [0.1, 0.15) is 0 Å². The number of nitrogens with zero attached hydrogens (tertiary/aromatic N) is 1. The van der Waals surface area contributed by atoms with Crippen molar-refractivity contribution >= 4 is 17.9 Å². The zero-order valence-electron chi connectivity index (χ0n) is 11.1. The van der Waals surface area contributed by atoms with E-state index >= 15 is 0 Å². The van der Waals surface area contributed by atoms with Gasteiger partial charge in [0.15, 0.2) is 5.78 Å². The predicted molar refractivity (Wildman–Crippen MR) is 74.6 cm³/mol. The standard InChI is InChI=1S/C15H15FN2O2/c1-10(19)11-4-2-5-12(8-11)15(20)18-13-6-3-7-14(16)17-9-13/h2,4-5,7-9,13H,3,6H2,1H3,(H,18,20). The van der Waals surface area contributed by atoms with Crippen LogP contribution in [0.1, 0.15) is 40.5 Å². The average molecular weight is 274 g/mol. The molecule has 0 fully saturated rings. The number of carbonyl (C=O) groups excluding carboxylic acids is 2. The lowest BCUT2D eigenvalue weighted by molar-refractivity contribution is 0.0946. The van der Waals surface area contributed by atoms with E-state index < -0.39 is 5.95 Å². The van der Waals surface area contributed by atoms with Gasteiger partial charge in [0.25, 0.3) is 5.91 Å². The van der Waals surface area contributed by atoms with Crippen LogP contribution < -0.4 is 5.32 Å². The minimum Gasteiger partial charge on any atom is -0.344 e. The maximum Gasteiger partial charge on any atom is 0.251 e. The Morgan fingerprint density at radius 3 is 2.85 bits per heavy atom. The number of nitrogens with one attached hydrogen (secondary N) is 1. The van der Waals surface area contributed by atoms with Gasteiger partial charge in [0.2, 0.25) is 5.95 Å². The molecule has 1 aromatic carbocycles. The Hall–Kier alpha value is -2.30. The Bertz CT molecular complexity index is 593. The Balaban J connectivity index is 2.07. The van der Waals surface area contributed by atoms with Gasteiger partial charge in [-0.25, -0.2) is 4.99 Å². The summed E-state index contributed by atoms with van der Waals surface area (Å²) in [6.07, 6.45) is 3.89. The first kappa shape index (κ1) is 14.1. The number of halogens is 1.